The highest BCUT2D eigenvalue weighted by Crippen LogP contribution is 2.30. The summed E-state index contributed by atoms with van der Waals surface area (Å²) in [5.41, 5.74) is 2.01. The number of benzene rings is 1. The van der Waals surface area contributed by atoms with Gasteiger partial charge in [-0.1, -0.05) is 12.1 Å². The van der Waals surface area contributed by atoms with Gasteiger partial charge in [-0.15, -0.1) is 0 Å². The second-order valence-electron chi connectivity index (χ2n) is 10.7. The number of halogens is 1. The molecule has 7 heteroatoms. The number of likely N-dealkylation sites (tertiary alicyclic amines) is 2. The molecule has 3 aliphatic heterocycles. The first-order valence-corrected chi connectivity index (χ1v) is 13.8. The van der Waals surface area contributed by atoms with Crippen molar-refractivity contribution in [2.45, 2.75) is 51.1 Å². The molecule has 0 unspecified atom stereocenters. The topological polar surface area (TPSA) is 42.9 Å². The summed E-state index contributed by atoms with van der Waals surface area (Å²) in [6.07, 6.45) is 9.98. The van der Waals surface area contributed by atoms with Crippen LogP contribution in [0.1, 0.15) is 44.1 Å². The van der Waals surface area contributed by atoms with Crippen LogP contribution >= 0.6 is 0 Å². The van der Waals surface area contributed by atoms with Gasteiger partial charge in [-0.3, -0.25) is 19.6 Å². The first-order valence-electron chi connectivity index (χ1n) is 13.8. The first kappa shape index (κ1) is 25.2. The molecule has 3 saturated heterocycles. The average Bonchev–Trinajstić information content (AvgIpc) is 2.93. The van der Waals surface area contributed by atoms with Gasteiger partial charge in [0.15, 0.2) is 0 Å². The molecule has 1 amide bonds. The Labute approximate surface area is 215 Å². The Balaban J connectivity index is 1.22. The van der Waals surface area contributed by atoms with Crippen LogP contribution in [0.25, 0.3) is 0 Å². The Morgan fingerprint density at radius 2 is 1.67 bits per heavy atom. The molecule has 3 fully saturated rings. The maximum Gasteiger partial charge on any atom is 0.222 e. The molecule has 0 saturated carbocycles. The fourth-order valence-corrected chi connectivity index (χ4v) is 6.36. The first-order chi connectivity index (χ1) is 17.7. The zero-order valence-electron chi connectivity index (χ0n) is 21.4. The molecular weight excluding hydrogens is 453 g/mol. The largest absolute Gasteiger partial charge is 0.367 e. The minimum atomic E-state index is -0.135. The highest BCUT2D eigenvalue weighted by Gasteiger charge is 2.35. The molecule has 2 atom stereocenters. The van der Waals surface area contributed by atoms with E-state index in [-0.39, 0.29) is 5.82 Å². The number of hydrogen-bond donors (Lipinski definition) is 0. The number of para-hydroxylation sites is 1. The van der Waals surface area contributed by atoms with Gasteiger partial charge in [0.25, 0.3) is 0 Å². The minimum absolute atomic E-state index is 0.135. The average molecular weight is 494 g/mol. The summed E-state index contributed by atoms with van der Waals surface area (Å²) in [4.78, 5) is 26.6. The van der Waals surface area contributed by atoms with Crippen molar-refractivity contribution < 1.29 is 9.18 Å². The van der Waals surface area contributed by atoms with Gasteiger partial charge in [0, 0.05) is 77.2 Å². The molecule has 1 aromatic heterocycles. The molecule has 0 bridgehead atoms. The van der Waals surface area contributed by atoms with Gasteiger partial charge in [-0.2, -0.15) is 0 Å². The number of nitrogens with zero attached hydrogens (tertiary/aromatic N) is 5. The van der Waals surface area contributed by atoms with Crippen LogP contribution in [-0.4, -0.2) is 84.0 Å². The van der Waals surface area contributed by atoms with Crippen molar-refractivity contribution >= 4 is 11.6 Å². The summed E-state index contributed by atoms with van der Waals surface area (Å²) < 4.78 is 14.3. The maximum atomic E-state index is 14.3. The molecule has 5 rings (SSSR count). The maximum absolute atomic E-state index is 14.3. The standard InChI is InChI=1S/C29H40FN5O/c30-26-6-2-3-7-28(26)34-20-18-33(19-21-34)27-12-17-32(22-24-10-13-31-14-11-24)23-25(27)8-9-29(36)35-15-4-1-5-16-35/h2-3,6-7,10-11,13-14,25,27H,1,4-5,8-9,12,15-23H2/t25-,27+/m1/s1. The SMILES string of the molecule is O=C(CC[C@@H]1CN(Cc2ccncc2)CC[C@@H]1N1CCN(c2ccccc2F)CC1)N1CCCCC1. The third kappa shape index (κ3) is 6.24. The summed E-state index contributed by atoms with van der Waals surface area (Å²) in [5.74, 6) is 0.669. The number of rotatable bonds is 7. The summed E-state index contributed by atoms with van der Waals surface area (Å²) in [5, 5.41) is 0. The number of pyridine rings is 1. The predicted octanol–water partition coefficient (Wildman–Crippen LogP) is 4.03. The van der Waals surface area contributed by atoms with Crippen molar-refractivity contribution in [1.82, 2.24) is 19.7 Å². The van der Waals surface area contributed by atoms with Crippen molar-refractivity contribution in [2.24, 2.45) is 5.92 Å². The lowest BCUT2D eigenvalue weighted by molar-refractivity contribution is -0.132. The Kier molecular flexibility index (Phi) is 8.49. The van der Waals surface area contributed by atoms with E-state index in [1.54, 1.807) is 12.1 Å². The molecular formula is C29H40FN5O. The van der Waals surface area contributed by atoms with Crippen LogP contribution in [0.2, 0.25) is 0 Å². The van der Waals surface area contributed by atoms with Crippen LogP contribution in [0.5, 0.6) is 0 Å². The molecule has 3 aliphatic rings. The fraction of sp³-hybridized carbons (Fsp3) is 0.586. The number of anilines is 1. The van der Waals surface area contributed by atoms with Gasteiger partial charge >= 0.3 is 0 Å². The number of carbonyl (C=O) groups is 1. The Morgan fingerprint density at radius 1 is 0.917 bits per heavy atom. The van der Waals surface area contributed by atoms with E-state index in [4.69, 9.17) is 0 Å². The van der Waals surface area contributed by atoms with E-state index in [9.17, 15) is 9.18 Å². The lowest BCUT2D eigenvalue weighted by Crippen LogP contribution is -2.57. The predicted molar refractivity (Wildman–Crippen MR) is 141 cm³/mol. The molecule has 0 N–H and O–H groups in total. The van der Waals surface area contributed by atoms with E-state index in [1.807, 2.05) is 24.5 Å². The van der Waals surface area contributed by atoms with Crippen molar-refractivity contribution in [3.05, 3.63) is 60.2 Å². The lowest BCUT2D eigenvalue weighted by Gasteiger charge is -2.47. The number of amides is 1. The number of piperazine rings is 1. The summed E-state index contributed by atoms with van der Waals surface area (Å²) >= 11 is 0. The summed E-state index contributed by atoms with van der Waals surface area (Å²) in [6, 6.07) is 11.8. The Morgan fingerprint density at radius 3 is 2.42 bits per heavy atom. The van der Waals surface area contributed by atoms with Crippen LogP contribution in [0, 0.1) is 11.7 Å². The molecule has 0 radical (unpaired) electrons. The van der Waals surface area contributed by atoms with Gasteiger partial charge in [-0.25, -0.2) is 4.39 Å². The van der Waals surface area contributed by atoms with E-state index >= 15 is 0 Å². The number of aromatic nitrogens is 1. The normalized spacial score (nSPS) is 24.1. The smallest absolute Gasteiger partial charge is 0.222 e. The van der Waals surface area contributed by atoms with Crippen LogP contribution in [0.4, 0.5) is 10.1 Å². The number of hydrogen-bond acceptors (Lipinski definition) is 5. The number of piperidine rings is 2. The van der Waals surface area contributed by atoms with Crippen molar-refractivity contribution in [3.63, 3.8) is 0 Å². The van der Waals surface area contributed by atoms with E-state index in [1.165, 1.54) is 12.0 Å². The van der Waals surface area contributed by atoms with Crippen molar-refractivity contribution in [3.8, 4) is 0 Å². The minimum Gasteiger partial charge on any atom is -0.367 e. The van der Waals surface area contributed by atoms with Crippen LogP contribution < -0.4 is 4.90 Å². The van der Waals surface area contributed by atoms with Gasteiger partial charge in [0.1, 0.15) is 5.82 Å². The van der Waals surface area contributed by atoms with E-state index < -0.39 is 0 Å². The zero-order chi connectivity index (χ0) is 24.7. The Hall–Kier alpha value is -2.51. The van der Waals surface area contributed by atoms with E-state index in [0.717, 1.165) is 84.6 Å². The molecule has 1 aromatic carbocycles. The fourth-order valence-electron chi connectivity index (χ4n) is 6.36. The van der Waals surface area contributed by atoms with Gasteiger partial charge in [0.05, 0.1) is 5.69 Å². The second-order valence-corrected chi connectivity index (χ2v) is 10.7. The molecule has 194 valence electrons. The van der Waals surface area contributed by atoms with Crippen LogP contribution in [0.15, 0.2) is 48.8 Å². The van der Waals surface area contributed by atoms with Crippen molar-refractivity contribution in [1.29, 1.82) is 0 Å². The summed E-state index contributed by atoms with van der Waals surface area (Å²) in [7, 11) is 0. The molecule has 0 spiro atoms. The molecule has 36 heavy (non-hydrogen) atoms. The van der Waals surface area contributed by atoms with Crippen LogP contribution in [0.3, 0.4) is 0 Å². The van der Waals surface area contributed by atoms with Crippen molar-refractivity contribution in [2.75, 3.05) is 57.3 Å². The highest BCUT2D eigenvalue weighted by atomic mass is 19.1. The third-order valence-electron chi connectivity index (χ3n) is 8.35. The zero-order valence-corrected chi connectivity index (χ0v) is 21.4. The van der Waals surface area contributed by atoms with E-state index in [0.29, 0.717) is 30.0 Å². The van der Waals surface area contributed by atoms with Gasteiger partial charge in [-0.05, 0) is 74.4 Å². The second kappa shape index (κ2) is 12.2. The Bertz CT molecular complexity index is 975. The quantitative estimate of drug-likeness (QED) is 0.583. The third-order valence-corrected chi connectivity index (χ3v) is 8.35. The van der Waals surface area contributed by atoms with Crippen LogP contribution in [-0.2, 0) is 11.3 Å². The summed E-state index contributed by atoms with van der Waals surface area (Å²) in [6.45, 7) is 8.46. The van der Waals surface area contributed by atoms with Gasteiger partial charge < -0.3 is 9.80 Å². The number of carbonyl (C=O) groups excluding carboxylic acids is 1. The lowest BCUT2D eigenvalue weighted by atomic mass is 9.86. The molecule has 4 heterocycles. The highest BCUT2D eigenvalue weighted by molar-refractivity contribution is 5.76. The van der Waals surface area contributed by atoms with E-state index in [2.05, 4.69) is 36.7 Å². The van der Waals surface area contributed by atoms with Gasteiger partial charge in [0.2, 0.25) is 5.91 Å². The molecule has 2 aromatic rings. The molecule has 0 aliphatic carbocycles. The molecule has 6 nitrogen and oxygen atoms in total. The monoisotopic (exact) mass is 493 g/mol.